The Balaban J connectivity index is 1.45. The number of allylic oxidation sites excluding steroid dienone is 2. The fraction of sp³-hybridized carbons (Fsp3) is 0.312. The minimum absolute atomic E-state index is 0.121. The predicted octanol–water partition coefficient (Wildman–Crippen LogP) is 3.45. The lowest BCUT2D eigenvalue weighted by molar-refractivity contribution is -0.173. The second kappa shape index (κ2) is 9.50. The molecule has 214 valence electrons. The fourth-order valence-electron chi connectivity index (χ4n) is 7.67. The quantitative estimate of drug-likeness (QED) is 0.242. The first-order valence-electron chi connectivity index (χ1n) is 14.0. The van der Waals surface area contributed by atoms with Crippen LogP contribution in [0.4, 0.5) is 5.69 Å². The molecule has 2 aliphatic carbocycles. The van der Waals surface area contributed by atoms with E-state index in [1.165, 1.54) is 0 Å². The number of anilines is 1. The van der Waals surface area contributed by atoms with Gasteiger partial charge in [-0.25, -0.2) is 0 Å². The van der Waals surface area contributed by atoms with Crippen LogP contribution in [0.15, 0.2) is 82.8 Å². The molecule has 0 radical (unpaired) electrons. The Morgan fingerprint density at radius 3 is 2.36 bits per heavy atom. The Morgan fingerprint density at radius 1 is 0.929 bits per heavy atom. The van der Waals surface area contributed by atoms with Crippen LogP contribution in [0, 0.1) is 30.6 Å². The van der Waals surface area contributed by atoms with Crippen LogP contribution < -0.4 is 5.43 Å². The normalized spacial score (nSPS) is 30.3. The van der Waals surface area contributed by atoms with E-state index in [-0.39, 0.29) is 24.5 Å². The zero-order valence-corrected chi connectivity index (χ0v) is 22.8. The molecule has 1 aromatic heterocycles. The van der Waals surface area contributed by atoms with Gasteiger partial charge in [-0.3, -0.25) is 29.8 Å². The standard InChI is InChI=1S/C32H29N3O7/c1-17-7-9-19(10-8-17)33-34-29(38)24-15-23-21(12-13-22-26(23)30(39)35(41)28(22)37)27(25-14-11-20(16-36)42-25)32(24,31(34)40)18-5-3-2-4-6-18/h2-12,14,22-24,26-27,33,36,41H,13,15-16H2,1H3. The molecule has 4 amide bonds. The van der Waals surface area contributed by atoms with Crippen molar-refractivity contribution in [3.8, 4) is 0 Å². The lowest BCUT2D eigenvalue weighted by Gasteiger charge is -2.49. The van der Waals surface area contributed by atoms with Crippen molar-refractivity contribution in [2.24, 2.45) is 23.7 Å². The molecular weight excluding hydrogens is 538 g/mol. The molecule has 6 unspecified atom stereocenters. The maximum Gasteiger partial charge on any atom is 0.260 e. The number of hydrogen-bond acceptors (Lipinski definition) is 8. The van der Waals surface area contributed by atoms with Crippen LogP contribution in [-0.2, 0) is 31.2 Å². The zero-order chi connectivity index (χ0) is 29.3. The van der Waals surface area contributed by atoms with Gasteiger partial charge < -0.3 is 9.52 Å². The minimum atomic E-state index is -1.44. The van der Waals surface area contributed by atoms with Crippen molar-refractivity contribution in [1.29, 1.82) is 0 Å². The van der Waals surface area contributed by atoms with Gasteiger partial charge >= 0.3 is 0 Å². The van der Waals surface area contributed by atoms with E-state index in [9.17, 15) is 29.5 Å². The van der Waals surface area contributed by atoms with E-state index in [1.807, 2.05) is 55.5 Å². The van der Waals surface area contributed by atoms with Crippen molar-refractivity contribution in [3.05, 3.63) is 101 Å². The Kier molecular flexibility index (Phi) is 5.96. The molecule has 2 aromatic carbocycles. The maximum absolute atomic E-state index is 14.8. The molecule has 42 heavy (non-hydrogen) atoms. The number of fused-ring (bicyclic) bond motifs is 4. The monoisotopic (exact) mass is 567 g/mol. The zero-order valence-electron chi connectivity index (χ0n) is 22.8. The van der Waals surface area contributed by atoms with Gasteiger partial charge in [-0.05, 0) is 55.5 Å². The topological polar surface area (TPSA) is 140 Å². The summed E-state index contributed by atoms with van der Waals surface area (Å²) in [6, 6.07) is 19.7. The number of carbonyl (C=O) groups excluding carboxylic acids is 4. The van der Waals surface area contributed by atoms with Crippen LogP contribution >= 0.6 is 0 Å². The number of amides is 4. The molecule has 3 heterocycles. The highest BCUT2D eigenvalue weighted by atomic mass is 16.5. The van der Waals surface area contributed by atoms with Crippen LogP contribution in [0.3, 0.4) is 0 Å². The highest BCUT2D eigenvalue weighted by molar-refractivity contribution is 6.13. The molecule has 4 aliphatic rings. The van der Waals surface area contributed by atoms with Crippen LogP contribution in [0.1, 0.15) is 41.4 Å². The number of nitrogens with zero attached hydrogens (tertiary/aromatic N) is 2. The Labute approximate surface area is 241 Å². The van der Waals surface area contributed by atoms with Gasteiger partial charge in [-0.2, -0.15) is 10.1 Å². The van der Waals surface area contributed by atoms with Gasteiger partial charge in [0.2, 0.25) is 0 Å². The Hall–Kier alpha value is -4.54. The molecular formula is C32H29N3O7. The minimum Gasteiger partial charge on any atom is -0.463 e. The number of aliphatic hydroxyl groups excluding tert-OH is 1. The van der Waals surface area contributed by atoms with E-state index in [2.05, 4.69) is 5.43 Å². The first kappa shape index (κ1) is 26.4. The second-order valence-corrected chi connectivity index (χ2v) is 11.5. The SMILES string of the molecule is Cc1ccc(NN2C(=O)C3CC4C(=CCC5C(=O)N(O)C(=O)C54)C(c4ccc(CO)o4)C3(c3ccccc3)C2=O)cc1. The molecule has 6 atom stereocenters. The van der Waals surface area contributed by atoms with Gasteiger partial charge in [0.15, 0.2) is 0 Å². The van der Waals surface area contributed by atoms with E-state index in [0.717, 1.165) is 10.6 Å². The summed E-state index contributed by atoms with van der Waals surface area (Å²) >= 11 is 0. The van der Waals surface area contributed by atoms with E-state index in [0.29, 0.717) is 28.3 Å². The van der Waals surface area contributed by atoms with Crippen LogP contribution in [-0.4, -0.2) is 44.0 Å². The molecule has 10 heteroatoms. The highest BCUT2D eigenvalue weighted by Crippen LogP contribution is 2.64. The van der Waals surface area contributed by atoms with Crippen LogP contribution in [0.25, 0.3) is 0 Å². The second-order valence-electron chi connectivity index (χ2n) is 11.5. The average Bonchev–Trinajstić information content (AvgIpc) is 3.64. The van der Waals surface area contributed by atoms with Gasteiger partial charge in [0.05, 0.1) is 29.4 Å². The summed E-state index contributed by atoms with van der Waals surface area (Å²) in [6.07, 6.45) is 2.19. The van der Waals surface area contributed by atoms with Crippen LogP contribution in [0.2, 0.25) is 0 Å². The lowest BCUT2D eigenvalue weighted by Crippen LogP contribution is -2.53. The fourth-order valence-corrected chi connectivity index (χ4v) is 7.67. The highest BCUT2D eigenvalue weighted by Gasteiger charge is 2.71. The van der Waals surface area contributed by atoms with Crippen molar-refractivity contribution in [3.63, 3.8) is 0 Å². The summed E-state index contributed by atoms with van der Waals surface area (Å²) in [4.78, 5) is 55.2. The van der Waals surface area contributed by atoms with Crippen molar-refractivity contribution in [1.82, 2.24) is 10.1 Å². The Morgan fingerprint density at radius 2 is 1.67 bits per heavy atom. The predicted molar refractivity (Wildman–Crippen MR) is 147 cm³/mol. The van der Waals surface area contributed by atoms with E-state index in [4.69, 9.17) is 4.42 Å². The number of carbonyl (C=O) groups is 4. The average molecular weight is 568 g/mol. The first-order valence-corrected chi connectivity index (χ1v) is 14.0. The number of hydrogen-bond donors (Lipinski definition) is 3. The van der Waals surface area contributed by atoms with E-state index < -0.39 is 58.6 Å². The van der Waals surface area contributed by atoms with Gasteiger partial charge in [-0.1, -0.05) is 59.7 Å². The third-order valence-corrected chi connectivity index (χ3v) is 9.49. The van der Waals surface area contributed by atoms with Gasteiger partial charge in [0.25, 0.3) is 23.6 Å². The first-order chi connectivity index (χ1) is 20.3. The summed E-state index contributed by atoms with van der Waals surface area (Å²) in [5.41, 5.74) is 4.50. The number of hydroxylamine groups is 2. The van der Waals surface area contributed by atoms with Gasteiger partial charge in [0.1, 0.15) is 23.5 Å². The number of rotatable bonds is 5. The molecule has 3 fully saturated rings. The molecule has 10 nitrogen and oxygen atoms in total. The number of imide groups is 2. The van der Waals surface area contributed by atoms with Crippen molar-refractivity contribution >= 4 is 29.3 Å². The third-order valence-electron chi connectivity index (χ3n) is 9.49. The number of hydrazine groups is 1. The molecule has 2 saturated heterocycles. The largest absolute Gasteiger partial charge is 0.463 e. The number of nitrogens with one attached hydrogen (secondary N) is 1. The van der Waals surface area contributed by atoms with Gasteiger partial charge in [0, 0.05) is 0 Å². The van der Waals surface area contributed by atoms with Crippen molar-refractivity contribution in [2.75, 3.05) is 5.43 Å². The maximum atomic E-state index is 14.8. The Bertz CT molecular complexity index is 1650. The molecule has 7 rings (SSSR count). The summed E-state index contributed by atoms with van der Waals surface area (Å²) in [5.74, 6) is -5.56. The third kappa shape index (κ3) is 3.51. The number of aliphatic hydroxyl groups is 1. The van der Waals surface area contributed by atoms with E-state index >= 15 is 0 Å². The summed E-state index contributed by atoms with van der Waals surface area (Å²) in [6.45, 7) is 1.58. The number of benzene rings is 2. The molecule has 2 aliphatic heterocycles. The number of furan rings is 1. The molecule has 3 N–H and O–H groups in total. The molecule has 0 spiro atoms. The summed E-state index contributed by atoms with van der Waals surface area (Å²) < 4.78 is 6.10. The lowest BCUT2D eigenvalue weighted by atomic mass is 9.50. The summed E-state index contributed by atoms with van der Waals surface area (Å²) in [7, 11) is 0. The van der Waals surface area contributed by atoms with Crippen LogP contribution in [0.5, 0.6) is 0 Å². The van der Waals surface area contributed by atoms with E-state index in [1.54, 1.807) is 24.3 Å². The summed E-state index contributed by atoms with van der Waals surface area (Å²) in [5, 5.41) is 21.4. The van der Waals surface area contributed by atoms with Crippen molar-refractivity contribution in [2.45, 2.75) is 37.7 Å². The smallest absolute Gasteiger partial charge is 0.260 e. The molecule has 0 bridgehead atoms. The molecule has 3 aromatic rings. The molecule has 1 saturated carbocycles. The van der Waals surface area contributed by atoms with Crippen molar-refractivity contribution < 1.29 is 33.9 Å². The van der Waals surface area contributed by atoms with Gasteiger partial charge in [-0.15, -0.1) is 0 Å². The number of aryl methyl sites for hydroxylation is 1.